The van der Waals surface area contributed by atoms with Crippen molar-refractivity contribution in [2.75, 3.05) is 20.2 Å². The zero-order chi connectivity index (χ0) is 21.1. The minimum absolute atomic E-state index is 0.127. The van der Waals surface area contributed by atoms with Crippen molar-refractivity contribution in [2.45, 2.75) is 38.1 Å². The Morgan fingerprint density at radius 2 is 1.93 bits per heavy atom. The average molecular weight is 417 g/mol. The highest BCUT2D eigenvalue weighted by atomic mass is 32.2. The zero-order valence-corrected chi connectivity index (χ0v) is 18.0. The van der Waals surface area contributed by atoms with Gasteiger partial charge in [0.25, 0.3) is 0 Å². The molecular weight excluding hydrogens is 388 g/mol. The Kier molecular flexibility index (Phi) is 6.29. The highest BCUT2D eigenvalue weighted by molar-refractivity contribution is 7.89. The maximum Gasteiger partial charge on any atom is 0.243 e. The summed E-state index contributed by atoms with van der Waals surface area (Å²) in [6, 6.07) is 14.4. The third-order valence-electron chi connectivity index (χ3n) is 5.45. The van der Waals surface area contributed by atoms with Crippen molar-refractivity contribution < 1.29 is 17.9 Å². The second-order valence-electron chi connectivity index (χ2n) is 7.85. The monoisotopic (exact) mass is 416 g/mol. The minimum Gasteiger partial charge on any atom is -0.497 e. The summed E-state index contributed by atoms with van der Waals surface area (Å²) in [6.07, 6.45) is 1.30. The largest absolute Gasteiger partial charge is 0.497 e. The lowest BCUT2D eigenvalue weighted by molar-refractivity contribution is -0.132. The van der Waals surface area contributed by atoms with Crippen LogP contribution in [0.4, 0.5) is 0 Å². The van der Waals surface area contributed by atoms with Crippen LogP contribution in [0.1, 0.15) is 30.9 Å². The smallest absolute Gasteiger partial charge is 0.243 e. The maximum atomic E-state index is 13.1. The third kappa shape index (κ3) is 4.79. The van der Waals surface area contributed by atoms with Crippen LogP contribution in [-0.4, -0.2) is 38.8 Å². The number of hydrogen-bond donors (Lipinski definition) is 1. The van der Waals surface area contributed by atoms with Crippen LogP contribution in [-0.2, 0) is 21.4 Å². The predicted octanol–water partition coefficient (Wildman–Crippen LogP) is 3.11. The molecule has 3 rings (SSSR count). The molecule has 29 heavy (non-hydrogen) atoms. The van der Waals surface area contributed by atoms with Crippen LogP contribution >= 0.6 is 0 Å². The van der Waals surface area contributed by atoms with E-state index in [2.05, 4.69) is 5.32 Å². The number of benzene rings is 2. The normalized spacial score (nSPS) is 20.2. The molecule has 6 nitrogen and oxygen atoms in total. The molecule has 0 aromatic heterocycles. The van der Waals surface area contributed by atoms with E-state index >= 15 is 0 Å². The van der Waals surface area contributed by atoms with Crippen molar-refractivity contribution in [1.82, 2.24) is 9.62 Å². The molecule has 156 valence electrons. The lowest BCUT2D eigenvalue weighted by Crippen LogP contribution is -2.51. The third-order valence-corrected chi connectivity index (χ3v) is 7.29. The number of rotatable bonds is 6. The molecule has 0 spiro atoms. The van der Waals surface area contributed by atoms with Crippen molar-refractivity contribution in [3.63, 3.8) is 0 Å². The summed E-state index contributed by atoms with van der Waals surface area (Å²) in [5, 5.41) is 2.97. The van der Waals surface area contributed by atoms with E-state index in [0.717, 1.165) is 16.9 Å². The first kappa shape index (κ1) is 21.3. The zero-order valence-electron chi connectivity index (χ0n) is 17.1. The molecule has 0 bridgehead atoms. The molecule has 0 saturated carbocycles. The van der Waals surface area contributed by atoms with Crippen molar-refractivity contribution in [3.05, 3.63) is 59.7 Å². The predicted molar refractivity (Wildman–Crippen MR) is 112 cm³/mol. The number of sulfonamides is 1. The van der Waals surface area contributed by atoms with Gasteiger partial charge in [0, 0.05) is 19.6 Å². The number of ether oxygens (including phenoxy) is 1. The Hall–Kier alpha value is -2.38. The molecule has 1 atom stereocenters. The summed E-state index contributed by atoms with van der Waals surface area (Å²) >= 11 is 0. The van der Waals surface area contributed by atoms with Gasteiger partial charge in [0.2, 0.25) is 15.9 Å². The van der Waals surface area contributed by atoms with Crippen LogP contribution in [0.5, 0.6) is 5.75 Å². The van der Waals surface area contributed by atoms with Gasteiger partial charge in [-0.3, -0.25) is 4.79 Å². The van der Waals surface area contributed by atoms with E-state index in [1.54, 1.807) is 25.3 Å². The molecule has 1 fully saturated rings. The second-order valence-corrected chi connectivity index (χ2v) is 9.79. The van der Waals surface area contributed by atoms with Gasteiger partial charge in [0.15, 0.2) is 0 Å². The SMILES string of the molecule is COc1ccc(CNC(=O)[C@@]2(C)CCCN(S(=O)(=O)c3cccc(C)c3)C2)cc1. The van der Waals surface area contributed by atoms with Gasteiger partial charge in [-0.15, -0.1) is 0 Å². The van der Waals surface area contributed by atoms with Crippen LogP contribution < -0.4 is 10.1 Å². The van der Waals surface area contributed by atoms with Crippen molar-refractivity contribution in [2.24, 2.45) is 5.41 Å². The van der Waals surface area contributed by atoms with Crippen molar-refractivity contribution >= 4 is 15.9 Å². The lowest BCUT2D eigenvalue weighted by Gasteiger charge is -2.38. The van der Waals surface area contributed by atoms with Crippen LogP contribution in [0.25, 0.3) is 0 Å². The van der Waals surface area contributed by atoms with Crippen LogP contribution in [0, 0.1) is 12.3 Å². The quantitative estimate of drug-likeness (QED) is 0.785. The van der Waals surface area contributed by atoms with Crippen LogP contribution in [0.2, 0.25) is 0 Å². The number of carbonyl (C=O) groups is 1. The molecule has 1 heterocycles. The van der Waals surface area contributed by atoms with Gasteiger partial charge in [-0.1, -0.05) is 24.3 Å². The molecule has 2 aromatic rings. The number of carbonyl (C=O) groups excluding carboxylic acids is 1. The van der Waals surface area contributed by atoms with Gasteiger partial charge >= 0.3 is 0 Å². The molecular formula is C22H28N2O4S. The number of methoxy groups -OCH3 is 1. The maximum absolute atomic E-state index is 13.1. The molecule has 1 saturated heterocycles. The van der Waals surface area contributed by atoms with Gasteiger partial charge in [-0.05, 0) is 62.1 Å². The van der Waals surface area contributed by atoms with Gasteiger partial charge in [-0.25, -0.2) is 8.42 Å². The molecule has 2 aromatic carbocycles. The topological polar surface area (TPSA) is 75.7 Å². The molecule has 0 unspecified atom stereocenters. The van der Waals surface area contributed by atoms with Gasteiger partial charge in [-0.2, -0.15) is 4.31 Å². The number of amides is 1. The number of nitrogens with one attached hydrogen (secondary N) is 1. The first-order chi connectivity index (χ1) is 13.7. The summed E-state index contributed by atoms with van der Waals surface area (Å²) in [5.74, 6) is 0.633. The highest BCUT2D eigenvalue weighted by Crippen LogP contribution is 2.33. The summed E-state index contributed by atoms with van der Waals surface area (Å²) in [6.45, 7) is 4.71. The van der Waals surface area contributed by atoms with Crippen molar-refractivity contribution in [3.8, 4) is 5.75 Å². The summed E-state index contributed by atoms with van der Waals surface area (Å²) < 4.78 is 32.7. The van der Waals surface area contributed by atoms with E-state index in [9.17, 15) is 13.2 Å². The van der Waals surface area contributed by atoms with E-state index in [0.29, 0.717) is 25.9 Å². The fraction of sp³-hybridized carbons (Fsp3) is 0.409. The average Bonchev–Trinajstić information content (AvgIpc) is 2.72. The first-order valence-corrected chi connectivity index (χ1v) is 11.2. The van der Waals surface area contributed by atoms with E-state index in [1.165, 1.54) is 4.31 Å². The standard InChI is InChI=1S/C22H28N2O4S/c1-17-6-4-7-20(14-17)29(26,27)24-13-5-12-22(2,16-24)21(25)23-15-18-8-10-19(28-3)11-9-18/h4,6-11,14H,5,12-13,15-16H2,1-3H3,(H,23,25)/t22-/m0/s1. The second kappa shape index (κ2) is 8.55. The molecule has 1 aliphatic heterocycles. The van der Waals surface area contributed by atoms with Crippen molar-refractivity contribution in [1.29, 1.82) is 0 Å². The summed E-state index contributed by atoms with van der Waals surface area (Å²) in [5.41, 5.74) is 1.09. The fourth-order valence-corrected chi connectivity index (χ4v) is 5.36. The Morgan fingerprint density at radius 1 is 1.21 bits per heavy atom. The van der Waals surface area contributed by atoms with Crippen LogP contribution in [0.3, 0.4) is 0 Å². The number of aryl methyl sites for hydroxylation is 1. The summed E-state index contributed by atoms with van der Waals surface area (Å²) in [4.78, 5) is 13.2. The number of nitrogens with zero attached hydrogens (tertiary/aromatic N) is 1. The Bertz CT molecular complexity index is 973. The Balaban J connectivity index is 1.69. The van der Waals surface area contributed by atoms with E-state index in [4.69, 9.17) is 4.74 Å². The molecule has 0 aliphatic carbocycles. The number of hydrogen-bond acceptors (Lipinski definition) is 4. The Labute approximate surface area is 172 Å². The van der Waals surface area contributed by atoms with E-state index < -0.39 is 15.4 Å². The number of piperidine rings is 1. The first-order valence-electron chi connectivity index (χ1n) is 9.73. The molecule has 1 N–H and O–H groups in total. The molecule has 7 heteroatoms. The van der Waals surface area contributed by atoms with Gasteiger partial charge in [0.05, 0.1) is 17.4 Å². The molecule has 1 aliphatic rings. The molecule has 0 radical (unpaired) electrons. The van der Waals surface area contributed by atoms with E-state index in [1.807, 2.05) is 44.2 Å². The lowest BCUT2D eigenvalue weighted by atomic mass is 9.82. The molecule has 1 amide bonds. The fourth-order valence-electron chi connectivity index (χ4n) is 3.65. The minimum atomic E-state index is -3.62. The summed E-state index contributed by atoms with van der Waals surface area (Å²) in [7, 11) is -2.02. The van der Waals surface area contributed by atoms with Crippen LogP contribution in [0.15, 0.2) is 53.4 Å². The van der Waals surface area contributed by atoms with Gasteiger partial charge in [0.1, 0.15) is 5.75 Å². The van der Waals surface area contributed by atoms with E-state index in [-0.39, 0.29) is 17.3 Å². The van der Waals surface area contributed by atoms with Gasteiger partial charge < -0.3 is 10.1 Å². The Morgan fingerprint density at radius 3 is 2.59 bits per heavy atom. The highest BCUT2D eigenvalue weighted by Gasteiger charge is 2.41.